The van der Waals surface area contributed by atoms with Crippen molar-refractivity contribution in [2.24, 2.45) is 0 Å². The lowest BCUT2D eigenvalue weighted by Crippen LogP contribution is -2.49. The maximum atomic E-state index is 12.5. The molecule has 3 N–H and O–H groups in total. The number of hydrogen-bond acceptors (Lipinski definition) is 4. The minimum atomic E-state index is -1.08. The van der Waals surface area contributed by atoms with Crippen molar-refractivity contribution in [1.29, 1.82) is 0 Å². The van der Waals surface area contributed by atoms with E-state index in [1.54, 1.807) is 36.4 Å². The lowest BCUT2D eigenvalue weighted by molar-refractivity contribution is -0.140. The van der Waals surface area contributed by atoms with Gasteiger partial charge in [-0.1, -0.05) is 60.7 Å². The summed E-state index contributed by atoms with van der Waals surface area (Å²) in [6.07, 6.45) is -0.0463. The van der Waals surface area contributed by atoms with Gasteiger partial charge in [0.25, 0.3) is 5.91 Å². The van der Waals surface area contributed by atoms with Gasteiger partial charge in [-0.05, 0) is 11.1 Å². The summed E-state index contributed by atoms with van der Waals surface area (Å²) < 4.78 is 0. The summed E-state index contributed by atoms with van der Waals surface area (Å²) in [6.45, 7) is -0.157. The first kappa shape index (κ1) is 20.8. The highest BCUT2D eigenvalue weighted by Gasteiger charge is 2.27. The number of hydrogen-bond donors (Lipinski definition) is 3. The van der Waals surface area contributed by atoms with E-state index in [1.807, 2.05) is 24.3 Å². The standard InChI is InChI=1S/C21H22N2O5/c24-18(14-16-9-5-2-6-10-16)23-17(13-15-7-3-1-4-8-15)20(27)21(28)22-12-11-19(25)26/h1-10,17H,11-14H2,(H,22,28)(H,23,24)(H,25,26)/t17-/m0/s1. The Morgan fingerprint density at radius 1 is 0.857 bits per heavy atom. The molecule has 0 aromatic heterocycles. The quantitative estimate of drug-likeness (QED) is 0.533. The van der Waals surface area contributed by atoms with Gasteiger partial charge in [0, 0.05) is 13.0 Å². The van der Waals surface area contributed by atoms with E-state index in [2.05, 4.69) is 10.6 Å². The van der Waals surface area contributed by atoms with E-state index in [9.17, 15) is 19.2 Å². The average Bonchev–Trinajstić information content (AvgIpc) is 2.68. The van der Waals surface area contributed by atoms with E-state index in [4.69, 9.17) is 5.11 Å². The lowest BCUT2D eigenvalue weighted by Gasteiger charge is -2.17. The van der Waals surface area contributed by atoms with E-state index < -0.39 is 23.7 Å². The number of amides is 2. The number of benzene rings is 2. The fourth-order valence-electron chi connectivity index (χ4n) is 2.61. The van der Waals surface area contributed by atoms with Crippen LogP contribution in [0.4, 0.5) is 0 Å². The maximum Gasteiger partial charge on any atom is 0.305 e. The van der Waals surface area contributed by atoms with Crippen LogP contribution in [0.25, 0.3) is 0 Å². The first-order chi connectivity index (χ1) is 13.5. The van der Waals surface area contributed by atoms with E-state index >= 15 is 0 Å². The van der Waals surface area contributed by atoms with Crippen molar-refractivity contribution in [3.05, 3.63) is 71.8 Å². The summed E-state index contributed by atoms with van der Waals surface area (Å²) in [4.78, 5) is 47.6. The summed E-state index contributed by atoms with van der Waals surface area (Å²) in [7, 11) is 0. The Hall–Kier alpha value is -3.48. The third-order valence-electron chi connectivity index (χ3n) is 3.99. The lowest BCUT2D eigenvalue weighted by atomic mass is 10.0. The van der Waals surface area contributed by atoms with Crippen LogP contribution in [-0.2, 0) is 32.0 Å². The minimum Gasteiger partial charge on any atom is -0.481 e. The van der Waals surface area contributed by atoms with Crippen molar-refractivity contribution in [3.8, 4) is 0 Å². The van der Waals surface area contributed by atoms with Crippen molar-refractivity contribution in [3.63, 3.8) is 0 Å². The van der Waals surface area contributed by atoms with Crippen LogP contribution in [0, 0.1) is 0 Å². The van der Waals surface area contributed by atoms with E-state index in [0.717, 1.165) is 11.1 Å². The van der Waals surface area contributed by atoms with Crippen LogP contribution in [0.15, 0.2) is 60.7 Å². The van der Waals surface area contributed by atoms with Gasteiger partial charge in [0.1, 0.15) is 6.04 Å². The third kappa shape index (κ3) is 7.03. The van der Waals surface area contributed by atoms with Gasteiger partial charge in [-0.25, -0.2) is 0 Å². The highest BCUT2D eigenvalue weighted by molar-refractivity contribution is 6.38. The Kier molecular flexibility index (Phi) is 7.90. The molecule has 0 aliphatic heterocycles. The molecule has 0 spiro atoms. The van der Waals surface area contributed by atoms with Crippen LogP contribution >= 0.6 is 0 Å². The number of nitrogens with one attached hydrogen (secondary N) is 2. The van der Waals surface area contributed by atoms with Gasteiger partial charge < -0.3 is 15.7 Å². The second-order valence-electron chi connectivity index (χ2n) is 6.24. The Bertz CT molecular complexity index is 821. The molecule has 0 radical (unpaired) electrons. The monoisotopic (exact) mass is 382 g/mol. The molecule has 0 heterocycles. The molecule has 0 fully saturated rings. The molecule has 7 nitrogen and oxygen atoms in total. The van der Waals surface area contributed by atoms with Crippen LogP contribution in [0.3, 0.4) is 0 Å². The average molecular weight is 382 g/mol. The zero-order valence-corrected chi connectivity index (χ0v) is 15.3. The molecular formula is C21H22N2O5. The predicted octanol–water partition coefficient (Wildman–Crippen LogP) is 1.12. The zero-order valence-electron chi connectivity index (χ0n) is 15.3. The summed E-state index contributed by atoms with van der Waals surface area (Å²) in [6, 6.07) is 17.0. The van der Waals surface area contributed by atoms with Crippen LogP contribution in [-0.4, -0.2) is 41.3 Å². The number of carboxylic acids is 1. The van der Waals surface area contributed by atoms with Gasteiger partial charge in [-0.2, -0.15) is 0 Å². The molecule has 28 heavy (non-hydrogen) atoms. The summed E-state index contributed by atoms with van der Waals surface area (Å²) in [5.74, 6) is -3.18. The molecule has 0 saturated heterocycles. The summed E-state index contributed by atoms with van der Waals surface area (Å²) >= 11 is 0. The predicted molar refractivity (Wildman–Crippen MR) is 102 cm³/mol. The molecule has 0 saturated carbocycles. The molecule has 0 aliphatic carbocycles. The second-order valence-corrected chi connectivity index (χ2v) is 6.24. The number of carbonyl (C=O) groups is 4. The molecule has 2 amide bonds. The van der Waals surface area contributed by atoms with Crippen LogP contribution in [0.1, 0.15) is 17.5 Å². The number of aliphatic carboxylic acids is 1. The molecule has 2 rings (SSSR count). The molecule has 2 aromatic rings. The molecule has 0 aliphatic rings. The van der Waals surface area contributed by atoms with Gasteiger partial charge in [-0.3, -0.25) is 19.2 Å². The molecular weight excluding hydrogens is 360 g/mol. The van der Waals surface area contributed by atoms with Crippen LogP contribution in [0.2, 0.25) is 0 Å². The first-order valence-electron chi connectivity index (χ1n) is 8.86. The Morgan fingerprint density at radius 3 is 2.00 bits per heavy atom. The van der Waals surface area contributed by atoms with Crippen LogP contribution in [0.5, 0.6) is 0 Å². The number of carboxylic acid groups (broad SMARTS) is 1. The van der Waals surface area contributed by atoms with E-state index in [-0.39, 0.29) is 31.7 Å². The molecule has 2 aromatic carbocycles. The minimum absolute atomic E-state index is 0.0834. The molecule has 1 atom stereocenters. The van der Waals surface area contributed by atoms with Gasteiger partial charge >= 0.3 is 5.97 Å². The Morgan fingerprint density at radius 2 is 1.43 bits per heavy atom. The normalized spacial score (nSPS) is 11.3. The van der Waals surface area contributed by atoms with Crippen molar-refractivity contribution in [2.45, 2.75) is 25.3 Å². The highest BCUT2D eigenvalue weighted by Crippen LogP contribution is 2.06. The van der Waals surface area contributed by atoms with Gasteiger partial charge in [0.2, 0.25) is 11.7 Å². The largest absolute Gasteiger partial charge is 0.481 e. The van der Waals surface area contributed by atoms with Gasteiger partial charge in [0.05, 0.1) is 12.8 Å². The molecule has 0 bridgehead atoms. The summed E-state index contributed by atoms with van der Waals surface area (Å²) in [5, 5.41) is 13.5. The summed E-state index contributed by atoms with van der Waals surface area (Å²) in [5.41, 5.74) is 1.58. The van der Waals surface area contributed by atoms with E-state index in [1.165, 1.54) is 0 Å². The number of ketones is 1. The Labute approximate surface area is 162 Å². The molecule has 0 unspecified atom stereocenters. The zero-order chi connectivity index (χ0) is 20.4. The fourth-order valence-corrected chi connectivity index (χ4v) is 2.61. The van der Waals surface area contributed by atoms with E-state index in [0.29, 0.717) is 0 Å². The van der Waals surface area contributed by atoms with Crippen molar-refractivity contribution < 1.29 is 24.3 Å². The van der Waals surface area contributed by atoms with Crippen molar-refractivity contribution in [2.75, 3.05) is 6.54 Å². The third-order valence-corrected chi connectivity index (χ3v) is 3.99. The van der Waals surface area contributed by atoms with Crippen LogP contribution < -0.4 is 10.6 Å². The smallest absolute Gasteiger partial charge is 0.305 e. The maximum absolute atomic E-state index is 12.5. The SMILES string of the molecule is O=C(O)CCNC(=O)C(=O)[C@H](Cc1ccccc1)NC(=O)Cc1ccccc1. The van der Waals surface area contributed by atoms with Gasteiger partial charge in [0.15, 0.2) is 0 Å². The second kappa shape index (κ2) is 10.6. The number of Topliss-reactive ketones (excluding diaryl/α,β-unsaturated/α-hetero) is 1. The highest BCUT2D eigenvalue weighted by atomic mass is 16.4. The number of carbonyl (C=O) groups excluding carboxylic acids is 3. The molecule has 7 heteroatoms. The van der Waals surface area contributed by atoms with Crippen molar-refractivity contribution in [1.82, 2.24) is 10.6 Å². The Balaban J connectivity index is 2.05. The first-order valence-corrected chi connectivity index (χ1v) is 8.86. The number of rotatable bonds is 10. The fraction of sp³-hybridized carbons (Fsp3) is 0.238. The van der Waals surface area contributed by atoms with Gasteiger partial charge in [-0.15, -0.1) is 0 Å². The molecule has 146 valence electrons. The topological polar surface area (TPSA) is 113 Å². The van der Waals surface area contributed by atoms with Crippen molar-refractivity contribution >= 4 is 23.6 Å².